The summed E-state index contributed by atoms with van der Waals surface area (Å²) in [5.74, 6) is 0.466. The predicted octanol–water partition coefficient (Wildman–Crippen LogP) is 3.60. The Morgan fingerprint density at radius 3 is 2.44 bits per heavy atom. The van der Waals surface area contributed by atoms with Gasteiger partial charge in [-0.3, -0.25) is 9.52 Å². The van der Waals surface area contributed by atoms with Gasteiger partial charge in [0.05, 0.1) is 10.6 Å². The molecule has 0 aliphatic heterocycles. The van der Waals surface area contributed by atoms with Crippen molar-refractivity contribution in [2.45, 2.75) is 25.2 Å². The third-order valence-electron chi connectivity index (χ3n) is 3.94. The second kappa shape index (κ2) is 7.63. The second-order valence-electron chi connectivity index (χ2n) is 5.92. The molecule has 2 N–H and O–H groups in total. The minimum absolute atomic E-state index is 0.0715. The van der Waals surface area contributed by atoms with Crippen molar-refractivity contribution in [2.24, 2.45) is 0 Å². The minimum atomic E-state index is -3.75. The summed E-state index contributed by atoms with van der Waals surface area (Å²) in [4.78, 5) is 12.3. The highest BCUT2D eigenvalue weighted by Crippen LogP contribution is 2.21. The molecule has 0 aliphatic carbocycles. The Hall–Kier alpha value is -3.13. The first-order valence-electron chi connectivity index (χ1n) is 8.34. The van der Waals surface area contributed by atoms with Crippen LogP contribution in [0.25, 0.3) is 0 Å². The molecule has 1 amide bonds. The lowest BCUT2D eigenvalue weighted by atomic mass is 10.1. The van der Waals surface area contributed by atoms with E-state index in [9.17, 15) is 13.2 Å². The summed E-state index contributed by atoms with van der Waals surface area (Å²) in [7, 11) is -3.75. The van der Waals surface area contributed by atoms with Crippen molar-refractivity contribution in [3.05, 3.63) is 71.5 Å². The molecule has 0 radical (unpaired) electrons. The van der Waals surface area contributed by atoms with Gasteiger partial charge in [0.25, 0.3) is 15.9 Å². The summed E-state index contributed by atoms with van der Waals surface area (Å²) in [6.45, 7) is 3.67. The number of sulfonamides is 1. The number of amides is 1. The molecule has 0 aliphatic rings. The fraction of sp³-hybridized carbons (Fsp3) is 0.158. The normalized spacial score (nSPS) is 11.2. The van der Waals surface area contributed by atoms with E-state index in [0.29, 0.717) is 29.2 Å². The lowest BCUT2D eigenvalue weighted by Gasteiger charge is -2.12. The minimum Gasteiger partial charge on any atom is -0.360 e. The summed E-state index contributed by atoms with van der Waals surface area (Å²) in [6, 6.07) is 14.5. The molecular formula is C19H19N3O4S. The molecule has 0 atom stereocenters. The fourth-order valence-electron chi connectivity index (χ4n) is 2.53. The number of nitrogens with one attached hydrogen (secondary N) is 2. The maximum absolute atomic E-state index is 12.6. The zero-order valence-corrected chi connectivity index (χ0v) is 15.7. The van der Waals surface area contributed by atoms with Crippen LogP contribution in [-0.2, 0) is 16.4 Å². The number of nitrogens with zero attached hydrogens (tertiary/aromatic N) is 1. The molecule has 0 unspecified atom stereocenters. The van der Waals surface area contributed by atoms with Gasteiger partial charge >= 0.3 is 0 Å². The zero-order valence-electron chi connectivity index (χ0n) is 14.9. The lowest BCUT2D eigenvalue weighted by molar-refractivity contribution is 0.102. The smallest absolute Gasteiger partial charge is 0.261 e. The van der Waals surface area contributed by atoms with Crippen molar-refractivity contribution in [1.29, 1.82) is 0 Å². The first-order chi connectivity index (χ1) is 12.9. The second-order valence-corrected chi connectivity index (χ2v) is 7.60. The number of anilines is 2. The third-order valence-corrected chi connectivity index (χ3v) is 5.32. The van der Waals surface area contributed by atoms with Gasteiger partial charge < -0.3 is 9.84 Å². The quantitative estimate of drug-likeness (QED) is 0.675. The third kappa shape index (κ3) is 4.35. The molecule has 3 aromatic rings. The summed E-state index contributed by atoms with van der Waals surface area (Å²) >= 11 is 0. The van der Waals surface area contributed by atoms with Crippen LogP contribution in [0.4, 0.5) is 11.5 Å². The van der Waals surface area contributed by atoms with Crippen molar-refractivity contribution in [3.8, 4) is 0 Å². The molecule has 8 heteroatoms. The highest BCUT2D eigenvalue weighted by Gasteiger charge is 2.17. The summed E-state index contributed by atoms with van der Waals surface area (Å²) in [6.07, 6.45) is 0.708. The van der Waals surface area contributed by atoms with E-state index in [4.69, 9.17) is 4.52 Å². The van der Waals surface area contributed by atoms with Crippen LogP contribution in [0, 0.1) is 6.92 Å². The van der Waals surface area contributed by atoms with Crippen LogP contribution in [0.3, 0.4) is 0 Å². The van der Waals surface area contributed by atoms with Gasteiger partial charge in [0.15, 0.2) is 5.82 Å². The van der Waals surface area contributed by atoms with Gasteiger partial charge in [-0.15, -0.1) is 0 Å². The van der Waals surface area contributed by atoms with Gasteiger partial charge in [-0.25, -0.2) is 8.42 Å². The highest BCUT2D eigenvalue weighted by atomic mass is 32.2. The van der Waals surface area contributed by atoms with Gasteiger partial charge in [0.2, 0.25) is 0 Å². The number of para-hydroxylation sites is 1. The van der Waals surface area contributed by atoms with Crippen LogP contribution in [0.2, 0.25) is 0 Å². The average molecular weight is 385 g/mol. The summed E-state index contributed by atoms with van der Waals surface area (Å²) < 4.78 is 32.7. The zero-order chi connectivity index (χ0) is 19.4. The van der Waals surface area contributed by atoms with Crippen LogP contribution in [0.15, 0.2) is 64.0 Å². The van der Waals surface area contributed by atoms with E-state index in [-0.39, 0.29) is 4.90 Å². The Morgan fingerprint density at radius 1 is 1.11 bits per heavy atom. The summed E-state index contributed by atoms with van der Waals surface area (Å²) in [5.41, 5.74) is 1.76. The molecule has 1 heterocycles. The van der Waals surface area contributed by atoms with Crippen molar-refractivity contribution < 1.29 is 17.7 Å². The SMILES string of the molecule is CCc1ccccc1NS(=O)(=O)c1ccc(C(=O)Nc2cc(C)on2)cc1. The molecule has 0 saturated heterocycles. The Morgan fingerprint density at radius 2 is 1.81 bits per heavy atom. The van der Waals surface area contributed by atoms with E-state index in [2.05, 4.69) is 15.2 Å². The van der Waals surface area contributed by atoms with Crippen LogP contribution in [0.1, 0.15) is 28.6 Å². The Bertz CT molecular complexity index is 1060. The van der Waals surface area contributed by atoms with Gasteiger partial charge in [0, 0.05) is 11.6 Å². The number of aromatic nitrogens is 1. The molecular weight excluding hydrogens is 366 g/mol. The van der Waals surface area contributed by atoms with Gasteiger partial charge in [-0.2, -0.15) is 0 Å². The van der Waals surface area contributed by atoms with E-state index in [0.717, 1.165) is 5.56 Å². The molecule has 1 aromatic heterocycles. The molecule has 0 bridgehead atoms. The van der Waals surface area contributed by atoms with E-state index in [1.54, 1.807) is 25.1 Å². The van der Waals surface area contributed by atoms with Crippen LogP contribution < -0.4 is 10.0 Å². The van der Waals surface area contributed by atoms with Crippen LogP contribution in [0.5, 0.6) is 0 Å². The summed E-state index contributed by atoms with van der Waals surface area (Å²) in [5, 5.41) is 6.27. The Balaban J connectivity index is 1.76. The average Bonchev–Trinajstić information content (AvgIpc) is 3.06. The van der Waals surface area contributed by atoms with Gasteiger partial charge in [-0.1, -0.05) is 30.3 Å². The molecule has 0 spiro atoms. The number of benzene rings is 2. The first kappa shape index (κ1) is 18.7. The lowest BCUT2D eigenvalue weighted by Crippen LogP contribution is -2.15. The van der Waals surface area contributed by atoms with Crippen molar-refractivity contribution in [2.75, 3.05) is 10.0 Å². The maximum atomic E-state index is 12.6. The molecule has 0 saturated carbocycles. The van der Waals surface area contributed by atoms with E-state index < -0.39 is 15.9 Å². The predicted molar refractivity (Wildman–Crippen MR) is 102 cm³/mol. The van der Waals surface area contributed by atoms with Crippen LogP contribution in [-0.4, -0.2) is 19.5 Å². The largest absolute Gasteiger partial charge is 0.360 e. The number of rotatable bonds is 6. The monoisotopic (exact) mass is 385 g/mol. The number of hydrogen-bond donors (Lipinski definition) is 2. The van der Waals surface area contributed by atoms with Gasteiger partial charge in [0.1, 0.15) is 5.76 Å². The number of hydrogen-bond acceptors (Lipinski definition) is 5. The molecule has 3 rings (SSSR count). The van der Waals surface area contributed by atoms with E-state index in [1.165, 1.54) is 24.3 Å². The van der Waals surface area contributed by atoms with E-state index in [1.807, 2.05) is 19.1 Å². The molecule has 140 valence electrons. The standard InChI is InChI=1S/C19H19N3O4S/c1-3-14-6-4-5-7-17(14)22-27(24,25)16-10-8-15(9-11-16)19(23)20-18-12-13(2)26-21-18/h4-12,22H,3H2,1-2H3,(H,20,21,23). The van der Waals surface area contributed by atoms with Crippen molar-refractivity contribution >= 4 is 27.4 Å². The fourth-order valence-corrected chi connectivity index (χ4v) is 3.63. The van der Waals surface area contributed by atoms with E-state index >= 15 is 0 Å². The van der Waals surface area contributed by atoms with Crippen molar-refractivity contribution in [1.82, 2.24) is 5.16 Å². The molecule has 2 aromatic carbocycles. The molecule has 7 nitrogen and oxygen atoms in total. The topological polar surface area (TPSA) is 101 Å². The Kier molecular flexibility index (Phi) is 5.27. The number of carbonyl (C=O) groups is 1. The highest BCUT2D eigenvalue weighted by molar-refractivity contribution is 7.92. The number of carbonyl (C=O) groups excluding carboxylic acids is 1. The first-order valence-corrected chi connectivity index (χ1v) is 9.83. The molecule has 0 fully saturated rings. The maximum Gasteiger partial charge on any atom is 0.261 e. The van der Waals surface area contributed by atoms with Crippen molar-refractivity contribution in [3.63, 3.8) is 0 Å². The Labute approximate surface area is 157 Å². The molecule has 27 heavy (non-hydrogen) atoms. The van der Waals surface area contributed by atoms with Crippen LogP contribution >= 0.6 is 0 Å². The van der Waals surface area contributed by atoms with Gasteiger partial charge in [-0.05, 0) is 49.2 Å². The number of aryl methyl sites for hydroxylation is 2.